The topological polar surface area (TPSA) is 16.1 Å². The Morgan fingerprint density at radius 3 is 2.30 bits per heavy atom. The molecular formula is C14H10F4N2. The Hall–Kier alpha value is -2.11. The number of halogens is 4. The lowest BCUT2D eigenvalue weighted by molar-refractivity contribution is 0.408. The van der Waals surface area contributed by atoms with Gasteiger partial charge in [0.2, 0.25) is 11.6 Å². The Morgan fingerprint density at radius 1 is 1.05 bits per heavy atom. The van der Waals surface area contributed by atoms with Crippen LogP contribution in [0.15, 0.2) is 24.3 Å². The average Bonchev–Trinajstić information content (AvgIpc) is 2.75. The molecule has 104 valence electrons. The van der Waals surface area contributed by atoms with Crippen LogP contribution in [0.4, 0.5) is 28.9 Å². The minimum atomic E-state index is -1.64. The number of aromatic nitrogens is 1. The molecule has 0 saturated heterocycles. The number of fused-ring (bicyclic) bond motifs is 1. The Kier molecular flexibility index (Phi) is 2.88. The maximum absolute atomic E-state index is 13.8. The third-order valence-corrected chi connectivity index (χ3v) is 3.46. The number of rotatable bonds is 1. The quantitative estimate of drug-likeness (QED) is 0.582. The third-order valence-electron chi connectivity index (χ3n) is 3.46. The second kappa shape index (κ2) is 4.47. The molecule has 1 unspecified atom stereocenters. The second-order valence-electron chi connectivity index (χ2n) is 4.74. The number of benzene rings is 1. The van der Waals surface area contributed by atoms with Crippen molar-refractivity contribution in [2.75, 3.05) is 11.4 Å². The highest BCUT2D eigenvalue weighted by atomic mass is 19.2. The van der Waals surface area contributed by atoms with E-state index in [4.69, 9.17) is 0 Å². The summed E-state index contributed by atoms with van der Waals surface area (Å²) in [5.74, 6) is -6.24. The molecule has 0 spiro atoms. The predicted octanol–water partition coefficient (Wildman–Crippen LogP) is 3.89. The smallest absolute Gasteiger partial charge is 0.253 e. The number of anilines is 2. The standard InChI is InChI=1S/C14H10F4N2/c1-7-6-20(9-5-3-2-4-8(7)9)12-10(15)13(17)19-14(18)11(12)16/h2-5,7H,6H2,1H3. The Bertz CT molecular complexity index is 661. The summed E-state index contributed by atoms with van der Waals surface area (Å²) >= 11 is 0. The first-order valence-corrected chi connectivity index (χ1v) is 6.07. The maximum atomic E-state index is 13.8. The van der Waals surface area contributed by atoms with Crippen LogP contribution in [-0.2, 0) is 0 Å². The Labute approximate surface area is 112 Å². The van der Waals surface area contributed by atoms with Crippen LogP contribution in [0.3, 0.4) is 0 Å². The molecule has 2 nitrogen and oxygen atoms in total. The molecule has 1 aliphatic rings. The molecule has 3 rings (SSSR count). The van der Waals surface area contributed by atoms with E-state index in [1.807, 2.05) is 13.0 Å². The highest BCUT2D eigenvalue weighted by Crippen LogP contribution is 2.42. The fraction of sp³-hybridized carbons (Fsp3) is 0.214. The van der Waals surface area contributed by atoms with Crippen molar-refractivity contribution in [1.82, 2.24) is 4.98 Å². The first-order chi connectivity index (χ1) is 9.50. The van der Waals surface area contributed by atoms with E-state index in [0.717, 1.165) is 5.56 Å². The van der Waals surface area contributed by atoms with E-state index in [1.165, 1.54) is 4.90 Å². The molecular weight excluding hydrogens is 272 g/mol. The molecule has 0 saturated carbocycles. The van der Waals surface area contributed by atoms with Gasteiger partial charge in [0.05, 0.1) is 0 Å². The van der Waals surface area contributed by atoms with Gasteiger partial charge in [-0.1, -0.05) is 25.1 Å². The summed E-state index contributed by atoms with van der Waals surface area (Å²) < 4.78 is 54.1. The molecule has 0 radical (unpaired) electrons. The Balaban J connectivity index is 2.22. The molecule has 1 aliphatic heterocycles. The SMILES string of the molecule is CC1CN(c2c(F)c(F)nc(F)c2F)c2ccccc21. The fourth-order valence-electron chi connectivity index (χ4n) is 2.55. The lowest BCUT2D eigenvalue weighted by Crippen LogP contribution is -2.20. The van der Waals surface area contributed by atoms with E-state index >= 15 is 0 Å². The molecule has 1 atom stereocenters. The van der Waals surface area contributed by atoms with Crippen molar-refractivity contribution in [3.05, 3.63) is 53.4 Å². The predicted molar refractivity (Wildman–Crippen MR) is 65.9 cm³/mol. The molecule has 0 bridgehead atoms. The van der Waals surface area contributed by atoms with E-state index < -0.39 is 29.2 Å². The molecule has 20 heavy (non-hydrogen) atoms. The lowest BCUT2D eigenvalue weighted by Gasteiger charge is -2.21. The maximum Gasteiger partial charge on any atom is 0.253 e. The van der Waals surface area contributed by atoms with Gasteiger partial charge < -0.3 is 4.90 Å². The minimum absolute atomic E-state index is 0.00397. The van der Waals surface area contributed by atoms with Gasteiger partial charge in [0.15, 0.2) is 0 Å². The largest absolute Gasteiger partial charge is 0.336 e. The van der Waals surface area contributed by atoms with Gasteiger partial charge in [-0.15, -0.1) is 0 Å². The van der Waals surface area contributed by atoms with Gasteiger partial charge in [-0.25, -0.2) is 0 Å². The Morgan fingerprint density at radius 2 is 1.65 bits per heavy atom. The van der Waals surface area contributed by atoms with Crippen LogP contribution in [-0.4, -0.2) is 11.5 Å². The lowest BCUT2D eigenvalue weighted by atomic mass is 10.0. The van der Waals surface area contributed by atoms with Gasteiger partial charge in [0, 0.05) is 18.2 Å². The van der Waals surface area contributed by atoms with Crippen molar-refractivity contribution < 1.29 is 17.6 Å². The molecule has 1 aromatic heterocycles. The summed E-state index contributed by atoms with van der Waals surface area (Å²) in [6.07, 6.45) is 0. The first-order valence-electron chi connectivity index (χ1n) is 6.07. The third kappa shape index (κ3) is 1.75. The summed E-state index contributed by atoms with van der Waals surface area (Å²) in [5.41, 5.74) is 0.693. The first kappa shape index (κ1) is 12.9. The zero-order chi connectivity index (χ0) is 14.4. The zero-order valence-electron chi connectivity index (χ0n) is 10.5. The van der Waals surface area contributed by atoms with E-state index in [2.05, 4.69) is 4.98 Å². The number of nitrogens with zero attached hydrogens (tertiary/aromatic N) is 2. The molecule has 0 aliphatic carbocycles. The number of para-hydroxylation sites is 1. The van der Waals surface area contributed by atoms with Gasteiger partial charge >= 0.3 is 0 Å². The van der Waals surface area contributed by atoms with Crippen molar-refractivity contribution in [3.8, 4) is 0 Å². The number of pyridine rings is 1. The summed E-state index contributed by atoms with van der Waals surface area (Å²) in [6, 6.07) is 6.99. The van der Waals surface area contributed by atoms with Crippen LogP contribution in [0.1, 0.15) is 18.4 Å². The number of hydrogen-bond donors (Lipinski definition) is 0. The summed E-state index contributed by atoms with van der Waals surface area (Å²) in [5, 5.41) is 0. The van der Waals surface area contributed by atoms with Crippen molar-refractivity contribution in [1.29, 1.82) is 0 Å². The van der Waals surface area contributed by atoms with E-state index in [9.17, 15) is 17.6 Å². The van der Waals surface area contributed by atoms with Crippen LogP contribution >= 0.6 is 0 Å². The highest BCUT2D eigenvalue weighted by Gasteiger charge is 2.32. The summed E-state index contributed by atoms with van der Waals surface area (Å²) in [6.45, 7) is 2.12. The summed E-state index contributed by atoms with van der Waals surface area (Å²) in [4.78, 5) is 3.82. The number of hydrogen-bond acceptors (Lipinski definition) is 2. The fourth-order valence-corrected chi connectivity index (χ4v) is 2.55. The van der Waals surface area contributed by atoms with Crippen molar-refractivity contribution in [2.45, 2.75) is 12.8 Å². The molecule has 1 aromatic carbocycles. The average molecular weight is 282 g/mol. The molecule has 0 N–H and O–H groups in total. The van der Waals surface area contributed by atoms with Crippen molar-refractivity contribution >= 4 is 11.4 Å². The van der Waals surface area contributed by atoms with Gasteiger partial charge in [0.1, 0.15) is 5.69 Å². The van der Waals surface area contributed by atoms with Crippen LogP contribution in [0.5, 0.6) is 0 Å². The normalized spacial score (nSPS) is 17.4. The monoisotopic (exact) mass is 282 g/mol. The van der Waals surface area contributed by atoms with Gasteiger partial charge in [-0.3, -0.25) is 0 Å². The van der Waals surface area contributed by atoms with Crippen LogP contribution < -0.4 is 4.90 Å². The molecule has 0 fully saturated rings. The van der Waals surface area contributed by atoms with Gasteiger partial charge in [-0.05, 0) is 11.6 Å². The highest BCUT2D eigenvalue weighted by molar-refractivity contribution is 5.71. The van der Waals surface area contributed by atoms with Crippen LogP contribution in [0.2, 0.25) is 0 Å². The molecule has 6 heteroatoms. The molecule has 2 aromatic rings. The van der Waals surface area contributed by atoms with Crippen LogP contribution in [0, 0.1) is 23.5 Å². The van der Waals surface area contributed by atoms with Gasteiger partial charge in [0.25, 0.3) is 11.9 Å². The van der Waals surface area contributed by atoms with Gasteiger partial charge in [-0.2, -0.15) is 22.5 Å². The van der Waals surface area contributed by atoms with E-state index in [0.29, 0.717) is 5.69 Å². The van der Waals surface area contributed by atoms with E-state index in [-0.39, 0.29) is 12.5 Å². The zero-order valence-corrected chi connectivity index (χ0v) is 10.5. The summed E-state index contributed by atoms with van der Waals surface area (Å²) in [7, 11) is 0. The second-order valence-corrected chi connectivity index (χ2v) is 4.74. The van der Waals surface area contributed by atoms with Crippen molar-refractivity contribution in [3.63, 3.8) is 0 Å². The minimum Gasteiger partial charge on any atom is -0.336 e. The molecule has 2 heterocycles. The van der Waals surface area contributed by atoms with E-state index in [1.54, 1.807) is 18.2 Å². The molecule has 0 amide bonds. The van der Waals surface area contributed by atoms with Crippen LogP contribution in [0.25, 0.3) is 0 Å². The van der Waals surface area contributed by atoms with Crippen molar-refractivity contribution in [2.24, 2.45) is 0 Å².